The van der Waals surface area contributed by atoms with Crippen LogP contribution in [0.5, 0.6) is 0 Å². The third kappa shape index (κ3) is 5.62. The Morgan fingerprint density at radius 3 is 2.55 bits per heavy atom. The van der Waals surface area contributed by atoms with Crippen molar-refractivity contribution in [1.29, 1.82) is 0 Å². The van der Waals surface area contributed by atoms with Crippen LogP contribution in [-0.2, 0) is 16.0 Å². The number of ether oxygens (including phenoxy) is 2. The van der Waals surface area contributed by atoms with Gasteiger partial charge in [-0.25, -0.2) is 4.79 Å². The SMILES string of the molecule is C[C@H]1CC2(CC[C@H]1OC1=CCN(Cc3ccccc3)CC1)CN(C(=O)OC(C)(C)C)C2. The molecular weight excluding hydrogens is 388 g/mol. The van der Waals surface area contributed by atoms with E-state index >= 15 is 0 Å². The molecule has 5 nitrogen and oxygen atoms in total. The van der Waals surface area contributed by atoms with Crippen molar-refractivity contribution < 1.29 is 14.3 Å². The van der Waals surface area contributed by atoms with Gasteiger partial charge in [-0.1, -0.05) is 37.3 Å². The van der Waals surface area contributed by atoms with Crippen molar-refractivity contribution in [3.63, 3.8) is 0 Å². The first-order valence-corrected chi connectivity index (χ1v) is 11.8. The van der Waals surface area contributed by atoms with E-state index in [9.17, 15) is 4.79 Å². The molecule has 170 valence electrons. The fourth-order valence-corrected chi connectivity index (χ4v) is 5.31. The quantitative estimate of drug-likeness (QED) is 0.662. The number of hydrogen-bond acceptors (Lipinski definition) is 4. The van der Waals surface area contributed by atoms with Crippen molar-refractivity contribution in [2.75, 3.05) is 26.2 Å². The van der Waals surface area contributed by atoms with Gasteiger partial charge in [0.05, 0.1) is 5.76 Å². The Kier molecular flexibility index (Phi) is 6.34. The van der Waals surface area contributed by atoms with Gasteiger partial charge in [0, 0.05) is 44.6 Å². The molecule has 1 amide bonds. The van der Waals surface area contributed by atoms with Gasteiger partial charge >= 0.3 is 6.09 Å². The Morgan fingerprint density at radius 1 is 1.19 bits per heavy atom. The smallest absolute Gasteiger partial charge is 0.410 e. The molecule has 2 heterocycles. The summed E-state index contributed by atoms with van der Waals surface area (Å²) in [6, 6.07) is 10.7. The van der Waals surface area contributed by atoms with E-state index in [1.165, 1.54) is 11.3 Å². The molecule has 1 saturated carbocycles. The van der Waals surface area contributed by atoms with Crippen LogP contribution in [0.1, 0.15) is 58.9 Å². The summed E-state index contributed by atoms with van der Waals surface area (Å²) in [6.45, 7) is 12.8. The van der Waals surface area contributed by atoms with Crippen LogP contribution in [0.2, 0.25) is 0 Å². The second-order valence-electron chi connectivity index (χ2n) is 10.9. The molecule has 3 aliphatic rings. The number of carbonyl (C=O) groups excluding carboxylic acids is 1. The number of likely N-dealkylation sites (tertiary alicyclic amines) is 1. The highest BCUT2D eigenvalue weighted by molar-refractivity contribution is 5.69. The summed E-state index contributed by atoms with van der Waals surface area (Å²) in [5.41, 5.74) is 1.21. The summed E-state index contributed by atoms with van der Waals surface area (Å²) in [5, 5.41) is 0. The third-order valence-corrected chi connectivity index (χ3v) is 6.86. The highest BCUT2D eigenvalue weighted by Gasteiger charge is 2.50. The molecule has 1 aromatic carbocycles. The fraction of sp³-hybridized carbons (Fsp3) is 0.654. The van der Waals surface area contributed by atoms with Crippen LogP contribution in [0.3, 0.4) is 0 Å². The molecule has 1 saturated heterocycles. The van der Waals surface area contributed by atoms with Crippen molar-refractivity contribution in [3.8, 4) is 0 Å². The number of rotatable bonds is 4. The van der Waals surface area contributed by atoms with Gasteiger partial charge in [-0.05, 0) is 57.6 Å². The molecule has 0 aromatic heterocycles. The Hall–Kier alpha value is -2.01. The average Bonchev–Trinajstić information content (AvgIpc) is 2.68. The van der Waals surface area contributed by atoms with Gasteiger partial charge in [0.2, 0.25) is 0 Å². The predicted molar refractivity (Wildman–Crippen MR) is 123 cm³/mol. The van der Waals surface area contributed by atoms with E-state index in [-0.39, 0.29) is 11.5 Å². The zero-order valence-corrected chi connectivity index (χ0v) is 19.6. The lowest BCUT2D eigenvalue weighted by Crippen LogP contribution is -2.61. The van der Waals surface area contributed by atoms with Crippen LogP contribution in [0.25, 0.3) is 0 Å². The number of benzene rings is 1. The first kappa shape index (κ1) is 22.2. The minimum Gasteiger partial charge on any atom is -0.495 e. The highest BCUT2D eigenvalue weighted by Crippen LogP contribution is 2.47. The van der Waals surface area contributed by atoms with Crippen LogP contribution < -0.4 is 0 Å². The van der Waals surface area contributed by atoms with Gasteiger partial charge < -0.3 is 14.4 Å². The van der Waals surface area contributed by atoms with Gasteiger partial charge in [-0.3, -0.25) is 4.90 Å². The van der Waals surface area contributed by atoms with Gasteiger partial charge in [0.1, 0.15) is 11.7 Å². The van der Waals surface area contributed by atoms with Crippen molar-refractivity contribution in [1.82, 2.24) is 9.80 Å². The summed E-state index contributed by atoms with van der Waals surface area (Å²) in [4.78, 5) is 16.6. The molecule has 2 fully saturated rings. The number of hydrogen-bond donors (Lipinski definition) is 0. The van der Waals surface area contributed by atoms with E-state index in [0.29, 0.717) is 12.0 Å². The van der Waals surface area contributed by atoms with E-state index in [1.54, 1.807) is 0 Å². The van der Waals surface area contributed by atoms with E-state index < -0.39 is 5.60 Å². The third-order valence-electron chi connectivity index (χ3n) is 6.86. The molecule has 5 heteroatoms. The first-order valence-electron chi connectivity index (χ1n) is 11.8. The lowest BCUT2D eigenvalue weighted by Gasteiger charge is -2.54. The summed E-state index contributed by atoms with van der Waals surface area (Å²) in [7, 11) is 0. The summed E-state index contributed by atoms with van der Waals surface area (Å²) < 4.78 is 12.0. The fourth-order valence-electron chi connectivity index (χ4n) is 5.31. The number of amides is 1. The Balaban J connectivity index is 1.22. The highest BCUT2D eigenvalue weighted by atomic mass is 16.6. The molecule has 31 heavy (non-hydrogen) atoms. The first-order chi connectivity index (χ1) is 14.7. The summed E-state index contributed by atoms with van der Waals surface area (Å²) in [6.07, 6.45) is 6.74. The lowest BCUT2D eigenvalue weighted by atomic mass is 9.64. The zero-order valence-electron chi connectivity index (χ0n) is 19.6. The molecular formula is C26H38N2O3. The van der Waals surface area contributed by atoms with E-state index in [4.69, 9.17) is 9.47 Å². The molecule has 2 aliphatic heterocycles. The monoisotopic (exact) mass is 426 g/mol. The molecule has 0 radical (unpaired) electrons. The second kappa shape index (κ2) is 8.85. The molecule has 1 aliphatic carbocycles. The predicted octanol–water partition coefficient (Wildman–Crippen LogP) is 5.22. The van der Waals surface area contributed by atoms with Crippen molar-refractivity contribution in [3.05, 3.63) is 47.7 Å². The van der Waals surface area contributed by atoms with Crippen LogP contribution in [0, 0.1) is 11.3 Å². The minimum absolute atomic E-state index is 0.170. The second-order valence-corrected chi connectivity index (χ2v) is 10.9. The Morgan fingerprint density at radius 2 is 1.94 bits per heavy atom. The molecule has 0 bridgehead atoms. The van der Waals surface area contributed by atoms with E-state index in [0.717, 1.165) is 58.4 Å². The molecule has 1 spiro atoms. The zero-order chi connectivity index (χ0) is 22.1. The molecule has 4 rings (SSSR count). The topological polar surface area (TPSA) is 42.0 Å². The molecule has 0 N–H and O–H groups in total. The van der Waals surface area contributed by atoms with Crippen molar-refractivity contribution in [2.24, 2.45) is 11.3 Å². The molecule has 0 unspecified atom stereocenters. The van der Waals surface area contributed by atoms with Gasteiger partial charge in [-0.15, -0.1) is 0 Å². The number of carbonyl (C=O) groups is 1. The number of nitrogens with zero attached hydrogens (tertiary/aromatic N) is 2. The van der Waals surface area contributed by atoms with E-state index in [1.807, 2.05) is 25.7 Å². The largest absolute Gasteiger partial charge is 0.495 e. The molecule has 2 atom stereocenters. The average molecular weight is 427 g/mol. The van der Waals surface area contributed by atoms with Crippen LogP contribution in [0.4, 0.5) is 4.79 Å². The maximum atomic E-state index is 12.3. The standard InChI is InChI=1S/C26H38N2O3/c1-20-16-26(18-28(19-26)24(29)31-25(2,3)4)13-10-23(20)30-22-11-14-27(15-12-22)17-21-8-6-5-7-9-21/h5-9,11,20,23H,10,12-19H2,1-4H3/t20-,23+/m0/s1. The van der Waals surface area contributed by atoms with Crippen molar-refractivity contribution >= 4 is 6.09 Å². The normalized spacial score (nSPS) is 26.2. The van der Waals surface area contributed by atoms with E-state index in [2.05, 4.69) is 48.2 Å². The Bertz CT molecular complexity index is 793. The summed E-state index contributed by atoms with van der Waals surface area (Å²) >= 11 is 0. The van der Waals surface area contributed by atoms with Crippen LogP contribution >= 0.6 is 0 Å². The Labute approximate surface area is 187 Å². The lowest BCUT2D eigenvalue weighted by molar-refractivity contribution is -0.0869. The van der Waals surface area contributed by atoms with Gasteiger partial charge in [0.15, 0.2) is 0 Å². The molecule has 1 aromatic rings. The minimum atomic E-state index is -0.428. The van der Waals surface area contributed by atoms with Gasteiger partial charge in [0.25, 0.3) is 0 Å². The van der Waals surface area contributed by atoms with Crippen LogP contribution in [-0.4, -0.2) is 53.8 Å². The summed E-state index contributed by atoms with van der Waals surface area (Å²) in [5.74, 6) is 1.68. The van der Waals surface area contributed by atoms with Crippen LogP contribution in [0.15, 0.2) is 42.2 Å². The maximum Gasteiger partial charge on any atom is 0.410 e. The van der Waals surface area contributed by atoms with Gasteiger partial charge in [-0.2, -0.15) is 0 Å². The maximum absolute atomic E-state index is 12.3. The van der Waals surface area contributed by atoms with Crippen molar-refractivity contribution in [2.45, 2.75) is 71.6 Å².